The zero-order valence-electron chi connectivity index (χ0n) is 16.0. The van der Waals surface area contributed by atoms with Crippen molar-refractivity contribution in [3.05, 3.63) is 47.4 Å². The van der Waals surface area contributed by atoms with E-state index >= 15 is 0 Å². The quantitative estimate of drug-likeness (QED) is 0.822. The summed E-state index contributed by atoms with van der Waals surface area (Å²) in [6.45, 7) is 8.48. The molecule has 0 radical (unpaired) electrons. The van der Waals surface area contributed by atoms with Crippen molar-refractivity contribution in [2.45, 2.75) is 26.7 Å². The minimum atomic E-state index is -0.154. The Morgan fingerprint density at radius 1 is 1.15 bits per heavy atom. The molecule has 0 spiro atoms. The summed E-state index contributed by atoms with van der Waals surface area (Å²) < 4.78 is 0. The normalized spacial score (nSPS) is 14.4. The minimum Gasteiger partial charge on any atom is -0.342 e. The van der Waals surface area contributed by atoms with Gasteiger partial charge in [0.15, 0.2) is 0 Å². The Morgan fingerprint density at radius 3 is 2.48 bits per heavy atom. The lowest BCUT2D eigenvalue weighted by atomic mass is 9.98. The average molecular weight is 367 g/mol. The topological polar surface area (TPSA) is 78.4 Å². The third-order valence-electron chi connectivity index (χ3n) is 4.80. The van der Waals surface area contributed by atoms with E-state index in [4.69, 9.17) is 0 Å². The number of piperazine rings is 1. The molecule has 1 aliphatic heterocycles. The van der Waals surface area contributed by atoms with Crippen LogP contribution in [-0.2, 0) is 4.79 Å². The predicted molar refractivity (Wildman–Crippen MR) is 104 cm³/mol. The van der Waals surface area contributed by atoms with Gasteiger partial charge >= 0.3 is 0 Å². The Bertz CT molecular complexity index is 812. The van der Waals surface area contributed by atoms with Crippen LogP contribution in [0.15, 0.2) is 30.6 Å². The first-order chi connectivity index (χ1) is 13.0. The maximum Gasteiger partial charge on any atom is 0.274 e. The van der Waals surface area contributed by atoms with E-state index in [1.165, 1.54) is 11.8 Å². The highest BCUT2D eigenvalue weighted by Crippen LogP contribution is 2.29. The number of amides is 2. The summed E-state index contributed by atoms with van der Waals surface area (Å²) in [6.07, 6.45) is 3.91. The van der Waals surface area contributed by atoms with Gasteiger partial charge < -0.3 is 15.1 Å². The van der Waals surface area contributed by atoms with Crippen LogP contribution in [0.2, 0.25) is 0 Å². The van der Waals surface area contributed by atoms with Crippen molar-refractivity contribution in [3.8, 4) is 0 Å². The number of rotatable bonds is 5. The number of hydrogen-bond donors (Lipinski definition) is 1. The number of anilines is 2. The fourth-order valence-corrected chi connectivity index (χ4v) is 3.17. The smallest absolute Gasteiger partial charge is 0.274 e. The van der Waals surface area contributed by atoms with Gasteiger partial charge in [-0.2, -0.15) is 0 Å². The highest BCUT2D eigenvalue weighted by atomic mass is 16.2. The summed E-state index contributed by atoms with van der Waals surface area (Å²) in [5.41, 5.74) is 3.70. The predicted octanol–water partition coefficient (Wildman–Crippen LogP) is 2.57. The van der Waals surface area contributed by atoms with Gasteiger partial charge in [0.05, 0.1) is 12.4 Å². The number of hydrogen-bond acceptors (Lipinski definition) is 5. The number of benzene rings is 1. The molecule has 1 fully saturated rings. The lowest BCUT2D eigenvalue weighted by Gasteiger charge is -2.32. The first-order valence-electron chi connectivity index (χ1n) is 9.16. The molecule has 2 heterocycles. The van der Waals surface area contributed by atoms with Gasteiger partial charge in [-0.25, -0.2) is 9.97 Å². The molecule has 2 amide bonds. The summed E-state index contributed by atoms with van der Waals surface area (Å²) in [5, 5.41) is 3.34. The standard InChI is InChI=1S/C20H25N5O2/c1-14(2)16-6-4-5-15(3)19(16)23-18-12-21-17(11-22-18)20(27)25-9-7-24(13-26)8-10-25/h4-6,11-14H,7-10H2,1-3H3,(H,22,23). The summed E-state index contributed by atoms with van der Waals surface area (Å²) in [7, 11) is 0. The molecule has 1 aromatic carbocycles. The van der Waals surface area contributed by atoms with Crippen molar-refractivity contribution >= 4 is 23.8 Å². The van der Waals surface area contributed by atoms with Crippen molar-refractivity contribution in [1.29, 1.82) is 0 Å². The number of nitrogens with zero attached hydrogens (tertiary/aromatic N) is 4. The molecule has 1 aliphatic rings. The Balaban J connectivity index is 1.71. The lowest BCUT2D eigenvalue weighted by Crippen LogP contribution is -2.48. The molecular formula is C20H25N5O2. The van der Waals surface area contributed by atoms with Crippen LogP contribution in [0.25, 0.3) is 0 Å². The monoisotopic (exact) mass is 367 g/mol. The number of carbonyl (C=O) groups is 2. The first-order valence-corrected chi connectivity index (χ1v) is 9.16. The van der Waals surface area contributed by atoms with Gasteiger partial charge in [0, 0.05) is 31.9 Å². The van der Waals surface area contributed by atoms with Crippen molar-refractivity contribution in [1.82, 2.24) is 19.8 Å². The zero-order valence-corrected chi connectivity index (χ0v) is 16.0. The van der Waals surface area contributed by atoms with Crippen LogP contribution in [0, 0.1) is 6.92 Å². The second-order valence-corrected chi connectivity index (χ2v) is 7.04. The van der Waals surface area contributed by atoms with E-state index in [0.717, 1.165) is 17.7 Å². The van der Waals surface area contributed by atoms with E-state index in [1.807, 2.05) is 6.07 Å². The van der Waals surface area contributed by atoms with Crippen molar-refractivity contribution < 1.29 is 9.59 Å². The minimum absolute atomic E-state index is 0.154. The Hall–Kier alpha value is -2.96. The van der Waals surface area contributed by atoms with Gasteiger partial charge in [-0.15, -0.1) is 0 Å². The van der Waals surface area contributed by atoms with Crippen molar-refractivity contribution in [3.63, 3.8) is 0 Å². The molecule has 7 nitrogen and oxygen atoms in total. The molecule has 0 bridgehead atoms. The summed E-state index contributed by atoms with van der Waals surface area (Å²) >= 11 is 0. The lowest BCUT2D eigenvalue weighted by molar-refractivity contribution is -0.119. The van der Waals surface area contributed by atoms with Gasteiger partial charge in [-0.1, -0.05) is 32.0 Å². The van der Waals surface area contributed by atoms with Crippen molar-refractivity contribution in [2.24, 2.45) is 0 Å². The van der Waals surface area contributed by atoms with E-state index in [0.29, 0.717) is 43.6 Å². The molecule has 142 valence electrons. The Kier molecular flexibility index (Phi) is 5.69. The number of aromatic nitrogens is 2. The molecule has 3 rings (SSSR count). The van der Waals surface area contributed by atoms with Crippen LogP contribution in [0.1, 0.15) is 41.4 Å². The largest absolute Gasteiger partial charge is 0.342 e. The number of aryl methyl sites for hydroxylation is 1. The second kappa shape index (κ2) is 8.16. The van der Waals surface area contributed by atoms with Crippen LogP contribution in [0.3, 0.4) is 0 Å². The third kappa shape index (κ3) is 4.24. The number of para-hydroxylation sites is 1. The van der Waals surface area contributed by atoms with Crippen molar-refractivity contribution in [2.75, 3.05) is 31.5 Å². The summed E-state index contributed by atoms with van der Waals surface area (Å²) in [5.74, 6) is 0.832. The van der Waals surface area contributed by atoms with Crippen LogP contribution < -0.4 is 5.32 Å². The molecule has 27 heavy (non-hydrogen) atoms. The van der Waals surface area contributed by atoms with E-state index in [9.17, 15) is 9.59 Å². The van der Waals surface area contributed by atoms with E-state index in [-0.39, 0.29) is 5.91 Å². The van der Waals surface area contributed by atoms with Gasteiger partial charge in [-0.05, 0) is 24.0 Å². The molecule has 0 unspecified atom stereocenters. The molecule has 0 atom stereocenters. The van der Waals surface area contributed by atoms with Crippen LogP contribution >= 0.6 is 0 Å². The van der Waals surface area contributed by atoms with Gasteiger partial charge in [0.25, 0.3) is 5.91 Å². The SMILES string of the molecule is Cc1cccc(C(C)C)c1Nc1cnc(C(=O)N2CCN(C=O)CC2)cn1. The highest BCUT2D eigenvalue weighted by molar-refractivity contribution is 5.92. The maximum atomic E-state index is 12.6. The fraction of sp³-hybridized carbons (Fsp3) is 0.400. The zero-order chi connectivity index (χ0) is 19.4. The molecular weight excluding hydrogens is 342 g/mol. The Labute approximate surface area is 159 Å². The van der Waals surface area contributed by atoms with Gasteiger partial charge in [-0.3, -0.25) is 9.59 Å². The molecule has 1 saturated heterocycles. The van der Waals surface area contributed by atoms with Crippen LogP contribution in [0.4, 0.5) is 11.5 Å². The van der Waals surface area contributed by atoms with E-state index in [2.05, 4.69) is 48.2 Å². The van der Waals surface area contributed by atoms with E-state index in [1.54, 1.807) is 16.0 Å². The molecule has 0 aliphatic carbocycles. The highest BCUT2D eigenvalue weighted by Gasteiger charge is 2.22. The second-order valence-electron chi connectivity index (χ2n) is 7.04. The average Bonchev–Trinajstić information content (AvgIpc) is 2.69. The van der Waals surface area contributed by atoms with E-state index < -0.39 is 0 Å². The third-order valence-corrected chi connectivity index (χ3v) is 4.80. The maximum absolute atomic E-state index is 12.6. The first kappa shape index (κ1) is 18.8. The van der Waals surface area contributed by atoms with Gasteiger partial charge in [0.2, 0.25) is 6.41 Å². The fourth-order valence-electron chi connectivity index (χ4n) is 3.17. The van der Waals surface area contributed by atoms with Crippen LogP contribution in [0.5, 0.6) is 0 Å². The number of carbonyl (C=O) groups excluding carboxylic acids is 2. The van der Waals surface area contributed by atoms with Crippen LogP contribution in [-0.4, -0.2) is 58.3 Å². The summed E-state index contributed by atoms with van der Waals surface area (Å²) in [4.78, 5) is 35.4. The molecule has 1 N–H and O–H groups in total. The molecule has 0 saturated carbocycles. The van der Waals surface area contributed by atoms with Gasteiger partial charge in [0.1, 0.15) is 11.5 Å². The molecule has 2 aromatic rings. The summed E-state index contributed by atoms with van der Waals surface area (Å²) in [6, 6.07) is 6.20. The molecule has 1 aromatic heterocycles. The Morgan fingerprint density at radius 2 is 1.89 bits per heavy atom. The number of nitrogens with one attached hydrogen (secondary N) is 1. The molecule has 7 heteroatoms.